The first kappa shape index (κ1) is 12.4. The molecule has 1 aromatic carbocycles. The van der Waals surface area contributed by atoms with Gasteiger partial charge in [-0.3, -0.25) is 0 Å². The molecule has 2 heterocycles. The Labute approximate surface area is 112 Å². The van der Waals surface area contributed by atoms with Gasteiger partial charge in [0.2, 0.25) is 5.95 Å². The van der Waals surface area contributed by atoms with Crippen molar-refractivity contribution in [2.75, 3.05) is 19.3 Å². The minimum atomic E-state index is -0.270. The zero-order valence-electron chi connectivity index (χ0n) is 11.3. The number of halogens is 1. The molecule has 0 saturated carbocycles. The van der Waals surface area contributed by atoms with Crippen LogP contribution >= 0.6 is 0 Å². The number of piperidine rings is 1. The molecule has 5 heteroatoms. The molecular formula is C14H19FN4. The second-order valence-corrected chi connectivity index (χ2v) is 5.48. The van der Waals surface area contributed by atoms with Crippen molar-refractivity contribution in [1.29, 1.82) is 0 Å². The quantitative estimate of drug-likeness (QED) is 0.858. The van der Waals surface area contributed by atoms with Gasteiger partial charge in [0.25, 0.3) is 0 Å². The lowest BCUT2D eigenvalue weighted by atomic mass is 9.98. The number of nitrogens with two attached hydrogens (primary N) is 1. The molecule has 4 nitrogen and oxygen atoms in total. The molecule has 0 radical (unpaired) electrons. The highest BCUT2D eigenvalue weighted by atomic mass is 19.1. The summed E-state index contributed by atoms with van der Waals surface area (Å²) in [5, 5.41) is 0. The Morgan fingerprint density at radius 3 is 2.95 bits per heavy atom. The van der Waals surface area contributed by atoms with Crippen LogP contribution in [0.25, 0.3) is 11.0 Å². The van der Waals surface area contributed by atoms with E-state index in [-0.39, 0.29) is 5.82 Å². The minimum absolute atomic E-state index is 0.270. The van der Waals surface area contributed by atoms with Crippen molar-refractivity contribution < 1.29 is 4.39 Å². The molecule has 1 aliphatic rings. The number of hydrogen-bond acceptors (Lipinski definition) is 3. The molecule has 2 atom stereocenters. The lowest BCUT2D eigenvalue weighted by molar-refractivity contribution is 0.159. The van der Waals surface area contributed by atoms with E-state index in [1.807, 2.05) is 0 Å². The number of anilines is 1. The second kappa shape index (κ2) is 4.49. The molecular weight excluding hydrogens is 243 g/mol. The SMILES string of the molecule is CC1CC(n2c(N)nc3cc(F)ccc32)CCN1C. The van der Waals surface area contributed by atoms with Gasteiger partial charge < -0.3 is 15.2 Å². The molecule has 2 unspecified atom stereocenters. The maximum absolute atomic E-state index is 13.2. The van der Waals surface area contributed by atoms with Gasteiger partial charge in [-0.05, 0) is 38.9 Å². The van der Waals surface area contributed by atoms with Crippen LogP contribution in [0, 0.1) is 5.82 Å². The van der Waals surface area contributed by atoms with Gasteiger partial charge in [-0.1, -0.05) is 0 Å². The summed E-state index contributed by atoms with van der Waals surface area (Å²) >= 11 is 0. The van der Waals surface area contributed by atoms with E-state index in [0.717, 1.165) is 24.9 Å². The molecule has 102 valence electrons. The number of nitrogens with zero attached hydrogens (tertiary/aromatic N) is 3. The van der Waals surface area contributed by atoms with E-state index >= 15 is 0 Å². The molecule has 0 amide bonds. The number of likely N-dealkylation sites (tertiary alicyclic amines) is 1. The topological polar surface area (TPSA) is 47.1 Å². The van der Waals surface area contributed by atoms with Crippen LogP contribution in [0.15, 0.2) is 18.2 Å². The van der Waals surface area contributed by atoms with Gasteiger partial charge in [0.05, 0.1) is 11.0 Å². The van der Waals surface area contributed by atoms with Gasteiger partial charge in [0.15, 0.2) is 0 Å². The van der Waals surface area contributed by atoms with Crippen LogP contribution in [-0.4, -0.2) is 34.1 Å². The third kappa shape index (κ3) is 2.08. The van der Waals surface area contributed by atoms with Crippen LogP contribution in [0.2, 0.25) is 0 Å². The van der Waals surface area contributed by atoms with Gasteiger partial charge >= 0.3 is 0 Å². The standard InChI is InChI=1S/C14H19FN4/c1-9-7-11(5-6-18(9)2)19-13-4-3-10(15)8-12(13)17-14(19)16/h3-4,8-9,11H,5-7H2,1-2H3,(H2,16,17). The molecule has 2 N–H and O–H groups in total. The first-order valence-electron chi connectivity index (χ1n) is 6.69. The number of benzene rings is 1. The number of aromatic nitrogens is 2. The largest absolute Gasteiger partial charge is 0.369 e. The summed E-state index contributed by atoms with van der Waals surface area (Å²) in [5.41, 5.74) is 7.60. The lowest BCUT2D eigenvalue weighted by Gasteiger charge is -2.36. The van der Waals surface area contributed by atoms with Crippen LogP contribution in [-0.2, 0) is 0 Å². The summed E-state index contributed by atoms with van der Waals surface area (Å²) < 4.78 is 15.3. The molecule has 1 aliphatic heterocycles. The Kier molecular flexibility index (Phi) is 2.93. The van der Waals surface area contributed by atoms with E-state index in [1.165, 1.54) is 12.1 Å². The minimum Gasteiger partial charge on any atom is -0.369 e. The number of hydrogen-bond donors (Lipinski definition) is 1. The summed E-state index contributed by atoms with van der Waals surface area (Å²) in [6.07, 6.45) is 2.09. The highest BCUT2D eigenvalue weighted by Gasteiger charge is 2.26. The Hall–Kier alpha value is -1.62. The smallest absolute Gasteiger partial charge is 0.201 e. The van der Waals surface area contributed by atoms with Crippen molar-refractivity contribution in [3.05, 3.63) is 24.0 Å². The fourth-order valence-corrected chi connectivity index (χ4v) is 2.97. The zero-order valence-corrected chi connectivity index (χ0v) is 11.3. The van der Waals surface area contributed by atoms with Crippen molar-refractivity contribution in [2.24, 2.45) is 0 Å². The van der Waals surface area contributed by atoms with E-state index in [4.69, 9.17) is 5.73 Å². The fraction of sp³-hybridized carbons (Fsp3) is 0.500. The first-order chi connectivity index (χ1) is 9.06. The average molecular weight is 262 g/mol. The maximum Gasteiger partial charge on any atom is 0.201 e. The monoisotopic (exact) mass is 262 g/mol. The van der Waals surface area contributed by atoms with Crippen molar-refractivity contribution in [3.8, 4) is 0 Å². The molecule has 0 aliphatic carbocycles. The molecule has 19 heavy (non-hydrogen) atoms. The number of fused-ring (bicyclic) bond motifs is 1. The Balaban J connectivity index is 2.03. The van der Waals surface area contributed by atoms with Gasteiger partial charge in [0.1, 0.15) is 5.82 Å². The highest BCUT2D eigenvalue weighted by Crippen LogP contribution is 2.32. The van der Waals surface area contributed by atoms with E-state index in [0.29, 0.717) is 23.5 Å². The van der Waals surface area contributed by atoms with E-state index < -0.39 is 0 Å². The highest BCUT2D eigenvalue weighted by molar-refractivity contribution is 5.78. The maximum atomic E-state index is 13.2. The van der Waals surface area contributed by atoms with E-state index in [2.05, 4.69) is 28.4 Å². The normalized spacial score (nSPS) is 25.0. The molecule has 3 rings (SSSR count). The van der Waals surface area contributed by atoms with Crippen LogP contribution in [0.4, 0.5) is 10.3 Å². The third-order valence-corrected chi connectivity index (χ3v) is 4.22. The van der Waals surface area contributed by atoms with Crippen molar-refractivity contribution in [2.45, 2.75) is 31.8 Å². The van der Waals surface area contributed by atoms with Crippen LogP contribution in [0.5, 0.6) is 0 Å². The molecule has 1 aromatic heterocycles. The summed E-state index contributed by atoms with van der Waals surface area (Å²) in [7, 11) is 2.14. The van der Waals surface area contributed by atoms with Crippen LogP contribution < -0.4 is 5.73 Å². The van der Waals surface area contributed by atoms with Crippen molar-refractivity contribution in [3.63, 3.8) is 0 Å². The summed E-state index contributed by atoms with van der Waals surface area (Å²) in [5.74, 6) is 0.219. The van der Waals surface area contributed by atoms with Crippen molar-refractivity contribution in [1.82, 2.24) is 14.5 Å². The van der Waals surface area contributed by atoms with Gasteiger partial charge in [-0.25, -0.2) is 9.37 Å². The summed E-state index contributed by atoms with van der Waals surface area (Å²) in [6.45, 7) is 3.27. The molecule has 2 aromatic rings. The Bertz CT molecular complexity index is 607. The summed E-state index contributed by atoms with van der Waals surface area (Å²) in [4.78, 5) is 6.63. The van der Waals surface area contributed by atoms with Gasteiger partial charge in [-0.2, -0.15) is 0 Å². The molecule has 1 fully saturated rings. The van der Waals surface area contributed by atoms with E-state index in [1.54, 1.807) is 6.07 Å². The fourth-order valence-electron chi connectivity index (χ4n) is 2.97. The van der Waals surface area contributed by atoms with Crippen molar-refractivity contribution >= 4 is 17.0 Å². The zero-order chi connectivity index (χ0) is 13.6. The van der Waals surface area contributed by atoms with Gasteiger partial charge in [0, 0.05) is 24.7 Å². The Morgan fingerprint density at radius 2 is 2.21 bits per heavy atom. The third-order valence-electron chi connectivity index (χ3n) is 4.22. The van der Waals surface area contributed by atoms with Crippen LogP contribution in [0.3, 0.4) is 0 Å². The lowest BCUT2D eigenvalue weighted by Crippen LogP contribution is -2.38. The molecule has 0 spiro atoms. The molecule has 0 bridgehead atoms. The average Bonchev–Trinajstić information content (AvgIpc) is 2.68. The Morgan fingerprint density at radius 1 is 1.42 bits per heavy atom. The molecule has 1 saturated heterocycles. The number of imidazole rings is 1. The second-order valence-electron chi connectivity index (χ2n) is 5.48. The predicted octanol–water partition coefficient (Wildman–Crippen LogP) is 2.41. The van der Waals surface area contributed by atoms with Gasteiger partial charge in [-0.15, -0.1) is 0 Å². The van der Waals surface area contributed by atoms with E-state index in [9.17, 15) is 4.39 Å². The number of nitrogen functional groups attached to an aromatic ring is 1. The van der Waals surface area contributed by atoms with Crippen LogP contribution in [0.1, 0.15) is 25.8 Å². The first-order valence-corrected chi connectivity index (χ1v) is 6.69. The number of rotatable bonds is 1. The predicted molar refractivity (Wildman–Crippen MR) is 74.5 cm³/mol. The summed E-state index contributed by atoms with van der Waals surface area (Å²) in [6, 6.07) is 5.56.